The van der Waals surface area contributed by atoms with Crippen LogP contribution in [0.3, 0.4) is 0 Å². The molecule has 2 atom stereocenters. The van der Waals surface area contributed by atoms with Crippen LogP contribution < -0.4 is 0 Å². The highest BCUT2D eigenvalue weighted by atomic mass is 16.6. The normalized spacial score (nSPS) is 27.6. The lowest BCUT2D eigenvalue weighted by molar-refractivity contribution is -0.140. The fourth-order valence-corrected chi connectivity index (χ4v) is 2.50. The van der Waals surface area contributed by atoms with E-state index in [9.17, 15) is 4.79 Å². The zero-order chi connectivity index (χ0) is 13.2. The maximum Gasteiger partial charge on any atom is 0.257 e. The number of epoxide rings is 1. The maximum atomic E-state index is 12.5. The van der Waals surface area contributed by atoms with Crippen LogP contribution in [0.1, 0.15) is 60.8 Å². The molecule has 1 fully saturated rings. The Hall–Kier alpha value is -0.570. The molecule has 3 heteroatoms. The molecular weight excluding hydrogens is 214 g/mol. The molecule has 1 rings (SSSR count). The van der Waals surface area contributed by atoms with Crippen LogP contribution in [0.25, 0.3) is 0 Å². The SMILES string of the molecule is CCCC[C@@H]1O[C@@]1(C)C(=O)N(C(C)C)C(C)C. The highest BCUT2D eigenvalue weighted by Crippen LogP contribution is 2.41. The number of hydrogen-bond donors (Lipinski definition) is 0. The van der Waals surface area contributed by atoms with E-state index in [1.165, 1.54) is 0 Å². The van der Waals surface area contributed by atoms with Crippen molar-refractivity contribution in [2.24, 2.45) is 0 Å². The molecule has 1 amide bonds. The summed E-state index contributed by atoms with van der Waals surface area (Å²) >= 11 is 0. The van der Waals surface area contributed by atoms with E-state index >= 15 is 0 Å². The Balaban J connectivity index is 2.64. The van der Waals surface area contributed by atoms with Gasteiger partial charge in [-0.2, -0.15) is 0 Å². The minimum Gasteiger partial charge on any atom is -0.356 e. The van der Waals surface area contributed by atoms with Gasteiger partial charge in [0.05, 0.1) is 6.10 Å². The van der Waals surface area contributed by atoms with Gasteiger partial charge in [0.25, 0.3) is 5.91 Å². The van der Waals surface area contributed by atoms with Crippen molar-refractivity contribution in [2.75, 3.05) is 0 Å². The Labute approximate surface area is 106 Å². The van der Waals surface area contributed by atoms with Crippen LogP contribution in [0.2, 0.25) is 0 Å². The molecule has 100 valence electrons. The number of unbranched alkanes of at least 4 members (excludes halogenated alkanes) is 1. The summed E-state index contributed by atoms with van der Waals surface area (Å²) in [6.45, 7) is 12.3. The Morgan fingerprint density at radius 2 is 1.82 bits per heavy atom. The van der Waals surface area contributed by atoms with E-state index in [1.54, 1.807) is 0 Å². The van der Waals surface area contributed by atoms with Crippen LogP contribution in [-0.2, 0) is 9.53 Å². The summed E-state index contributed by atoms with van der Waals surface area (Å²) < 4.78 is 5.66. The first-order valence-electron chi connectivity index (χ1n) is 6.85. The molecule has 0 unspecified atom stereocenters. The smallest absolute Gasteiger partial charge is 0.257 e. The van der Waals surface area contributed by atoms with Gasteiger partial charge in [-0.05, 0) is 41.0 Å². The molecule has 0 saturated carbocycles. The van der Waals surface area contributed by atoms with Crippen LogP contribution in [-0.4, -0.2) is 34.6 Å². The standard InChI is InChI=1S/C14H27NO2/c1-7-8-9-12-14(6,17-12)13(16)15(10(2)3)11(4)5/h10-12H,7-9H2,1-6H3/t12-,14+/m0/s1. The zero-order valence-electron chi connectivity index (χ0n) is 12.1. The van der Waals surface area contributed by atoms with Gasteiger partial charge >= 0.3 is 0 Å². The fourth-order valence-electron chi connectivity index (χ4n) is 2.50. The summed E-state index contributed by atoms with van der Waals surface area (Å²) in [6.07, 6.45) is 3.43. The maximum absolute atomic E-state index is 12.5. The lowest BCUT2D eigenvalue weighted by Crippen LogP contribution is -2.48. The van der Waals surface area contributed by atoms with Gasteiger partial charge < -0.3 is 9.64 Å². The first-order chi connectivity index (χ1) is 7.84. The van der Waals surface area contributed by atoms with Crippen molar-refractivity contribution in [1.29, 1.82) is 0 Å². The predicted octanol–water partition coefficient (Wildman–Crippen LogP) is 2.98. The Kier molecular flexibility index (Phi) is 4.59. The molecule has 1 aliphatic rings. The zero-order valence-corrected chi connectivity index (χ0v) is 12.1. The molecule has 0 aromatic rings. The van der Waals surface area contributed by atoms with Gasteiger partial charge in [0.15, 0.2) is 5.60 Å². The quantitative estimate of drug-likeness (QED) is 0.670. The van der Waals surface area contributed by atoms with Crippen LogP contribution in [0.15, 0.2) is 0 Å². The Morgan fingerprint density at radius 3 is 2.24 bits per heavy atom. The second-order valence-corrected chi connectivity index (χ2v) is 5.76. The number of rotatable bonds is 6. The molecule has 0 aromatic carbocycles. The summed E-state index contributed by atoms with van der Waals surface area (Å²) in [5.74, 6) is 0.156. The largest absolute Gasteiger partial charge is 0.356 e. The number of ether oxygens (including phenoxy) is 1. The van der Waals surface area contributed by atoms with Gasteiger partial charge in [0, 0.05) is 12.1 Å². The van der Waals surface area contributed by atoms with Gasteiger partial charge in [-0.25, -0.2) is 0 Å². The lowest BCUT2D eigenvalue weighted by Gasteiger charge is -2.32. The molecule has 0 radical (unpaired) electrons. The van der Waals surface area contributed by atoms with Crippen molar-refractivity contribution in [3.63, 3.8) is 0 Å². The molecule has 0 aliphatic carbocycles. The molecule has 17 heavy (non-hydrogen) atoms. The third-order valence-corrected chi connectivity index (χ3v) is 3.54. The van der Waals surface area contributed by atoms with Gasteiger partial charge in [-0.1, -0.05) is 19.8 Å². The first kappa shape index (κ1) is 14.5. The number of hydrogen-bond acceptors (Lipinski definition) is 2. The van der Waals surface area contributed by atoms with Crippen molar-refractivity contribution in [2.45, 2.75) is 84.6 Å². The highest BCUT2D eigenvalue weighted by molar-refractivity contribution is 5.88. The molecule has 1 aliphatic heterocycles. The van der Waals surface area contributed by atoms with Gasteiger partial charge in [0.1, 0.15) is 0 Å². The van der Waals surface area contributed by atoms with Crippen molar-refractivity contribution in [1.82, 2.24) is 4.90 Å². The molecule has 0 aromatic heterocycles. The molecule has 0 spiro atoms. The van der Waals surface area contributed by atoms with Crippen molar-refractivity contribution in [3.05, 3.63) is 0 Å². The lowest BCUT2D eigenvalue weighted by atomic mass is 10.00. The van der Waals surface area contributed by atoms with E-state index in [0.29, 0.717) is 0 Å². The Bertz CT molecular complexity index is 267. The summed E-state index contributed by atoms with van der Waals surface area (Å²) in [6, 6.07) is 0.464. The van der Waals surface area contributed by atoms with Crippen LogP contribution >= 0.6 is 0 Å². The van der Waals surface area contributed by atoms with E-state index in [2.05, 4.69) is 34.6 Å². The minimum absolute atomic E-state index is 0.134. The average molecular weight is 241 g/mol. The molecule has 0 N–H and O–H groups in total. The number of nitrogens with zero attached hydrogens (tertiary/aromatic N) is 1. The predicted molar refractivity (Wildman–Crippen MR) is 69.9 cm³/mol. The third kappa shape index (κ3) is 3.01. The topological polar surface area (TPSA) is 32.8 Å². The van der Waals surface area contributed by atoms with E-state index in [-0.39, 0.29) is 24.1 Å². The molecule has 1 saturated heterocycles. The van der Waals surface area contributed by atoms with Crippen LogP contribution in [0.5, 0.6) is 0 Å². The van der Waals surface area contributed by atoms with E-state index in [1.807, 2.05) is 11.8 Å². The van der Waals surface area contributed by atoms with E-state index in [0.717, 1.165) is 19.3 Å². The second kappa shape index (κ2) is 5.38. The third-order valence-electron chi connectivity index (χ3n) is 3.54. The van der Waals surface area contributed by atoms with Crippen molar-refractivity contribution in [3.8, 4) is 0 Å². The molecule has 0 bridgehead atoms. The highest BCUT2D eigenvalue weighted by Gasteiger charge is 2.59. The van der Waals surface area contributed by atoms with Gasteiger partial charge in [-0.15, -0.1) is 0 Å². The van der Waals surface area contributed by atoms with Gasteiger partial charge in [0.2, 0.25) is 0 Å². The van der Waals surface area contributed by atoms with Crippen LogP contribution in [0.4, 0.5) is 0 Å². The van der Waals surface area contributed by atoms with Crippen LogP contribution in [0, 0.1) is 0 Å². The number of amides is 1. The fraction of sp³-hybridized carbons (Fsp3) is 0.929. The summed E-state index contributed by atoms with van der Waals surface area (Å²) in [7, 11) is 0. The van der Waals surface area contributed by atoms with E-state index in [4.69, 9.17) is 4.74 Å². The monoisotopic (exact) mass is 241 g/mol. The summed E-state index contributed by atoms with van der Waals surface area (Å²) in [4.78, 5) is 14.4. The Morgan fingerprint density at radius 1 is 1.29 bits per heavy atom. The summed E-state index contributed by atoms with van der Waals surface area (Å²) in [5, 5.41) is 0. The number of carbonyl (C=O) groups is 1. The molecule has 1 heterocycles. The molecule has 3 nitrogen and oxygen atoms in total. The second-order valence-electron chi connectivity index (χ2n) is 5.76. The summed E-state index contributed by atoms with van der Waals surface area (Å²) in [5.41, 5.74) is -0.552. The average Bonchev–Trinajstić information content (AvgIpc) is 2.87. The first-order valence-corrected chi connectivity index (χ1v) is 6.85. The van der Waals surface area contributed by atoms with E-state index < -0.39 is 5.60 Å². The molecular formula is C14H27NO2. The number of carbonyl (C=O) groups excluding carboxylic acids is 1. The van der Waals surface area contributed by atoms with Crippen molar-refractivity contribution >= 4 is 5.91 Å². The minimum atomic E-state index is -0.552. The van der Waals surface area contributed by atoms with Gasteiger partial charge in [-0.3, -0.25) is 4.79 Å². The van der Waals surface area contributed by atoms with Crippen molar-refractivity contribution < 1.29 is 9.53 Å².